The molecule has 1 aliphatic rings. The molecule has 2 rings (SSSR count). The molecule has 1 saturated carbocycles. The number of hydrogen-bond donors (Lipinski definition) is 1. The summed E-state index contributed by atoms with van der Waals surface area (Å²) in [4.78, 5) is 4.71. The van der Waals surface area contributed by atoms with Gasteiger partial charge in [0.1, 0.15) is 0 Å². The molecule has 0 saturated heterocycles. The van der Waals surface area contributed by atoms with Crippen molar-refractivity contribution >= 4 is 5.69 Å². The summed E-state index contributed by atoms with van der Waals surface area (Å²) in [5.74, 6) is 0. The molecule has 1 aromatic rings. The van der Waals surface area contributed by atoms with Gasteiger partial charge in [-0.15, -0.1) is 0 Å². The molecule has 0 heterocycles. The molecular weight excluding hydrogens is 248 g/mol. The molecule has 0 aromatic heterocycles. The third-order valence-corrected chi connectivity index (χ3v) is 4.87. The maximum absolute atomic E-state index is 9.84. The Bertz CT molecular complexity index is 423. The molecule has 0 spiro atoms. The van der Waals surface area contributed by atoms with Gasteiger partial charge in [-0.1, -0.05) is 19.1 Å². The van der Waals surface area contributed by atoms with Crippen LogP contribution in [-0.4, -0.2) is 43.2 Å². The third-order valence-electron chi connectivity index (χ3n) is 4.87. The number of nitrogens with zero attached hydrogens (tertiary/aromatic N) is 2. The SMILES string of the molecule is CCC(O)c1ccc(N(C)CC2(N(C)C)CCC2)cc1. The molecule has 112 valence electrons. The fourth-order valence-corrected chi connectivity index (χ4v) is 3.05. The van der Waals surface area contributed by atoms with Crippen molar-refractivity contribution in [1.29, 1.82) is 0 Å². The van der Waals surface area contributed by atoms with Gasteiger partial charge in [0.2, 0.25) is 0 Å². The van der Waals surface area contributed by atoms with Gasteiger partial charge < -0.3 is 14.9 Å². The summed E-state index contributed by atoms with van der Waals surface area (Å²) in [6.07, 6.45) is 4.34. The van der Waals surface area contributed by atoms with Crippen molar-refractivity contribution in [3.8, 4) is 0 Å². The van der Waals surface area contributed by atoms with E-state index >= 15 is 0 Å². The predicted octanol–water partition coefficient (Wildman–Crippen LogP) is 3.05. The number of likely N-dealkylation sites (N-methyl/N-ethyl adjacent to an activating group) is 2. The van der Waals surface area contributed by atoms with Crippen LogP contribution in [-0.2, 0) is 0 Å². The summed E-state index contributed by atoms with van der Waals surface area (Å²) < 4.78 is 0. The zero-order valence-electron chi connectivity index (χ0n) is 13.3. The molecule has 3 heteroatoms. The fourth-order valence-electron chi connectivity index (χ4n) is 3.05. The van der Waals surface area contributed by atoms with E-state index in [2.05, 4.69) is 43.1 Å². The van der Waals surface area contributed by atoms with Gasteiger partial charge in [0.15, 0.2) is 0 Å². The summed E-state index contributed by atoms with van der Waals surface area (Å²) in [5, 5.41) is 9.84. The summed E-state index contributed by atoms with van der Waals surface area (Å²) in [5.41, 5.74) is 2.58. The van der Waals surface area contributed by atoms with Gasteiger partial charge in [-0.2, -0.15) is 0 Å². The fraction of sp³-hybridized carbons (Fsp3) is 0.647. The van der Waals surface area contributed by atoms with Gasteiger partial charge in [-0.3, -0.25) is 0 Å². The summed E-state index contributed by atoms with van der Waals surface area (Å²) in [6.45, 7) is 3.07. The van der Waals surface area contributed by atoms with Gasteiger partial charge >= 0.3 is 0 Å². The van der Waals surface area contributed by atoms with Crippen LogP contribution in [0, 0.1) is 0 Å². The van der Waals surface area contributed by atoms with Crippen LogP contribution in [0.4, 0.5) is 5.69 Å². The lowest BCUT2D eigenvalue weighted by Crippen LogP contribution is -2.56. The van der Waals surface area contributed by atoms with Crippen molar-refractivity contribution < 1.29 is 5.11 Å². The smallest absolute Gasteiger partial charge is 0.0787 e. The van der Waals surface area contributed by atoms with E-state index in [0.29, 0.717) is 5.54 Å². The first-order valence-electron chi connectivity index (χ1n) is 7.65. The first kappa shape index (κ1) is 15.3. The van der Waals surface area contributed by atoms with Gasteiger partial charge in [-0.05, 0) is 57.5 Å². The highest BCUT2D eigenvalue weighted by Crippen LogP contribution is 2.37. The van der Waals surface area contributed by atoms with Crippen LogP contribution in [0.15, 0.2) is 24.3 Å². The number of benzene rings is 1. The average Bonchev–Trinajstić information content (AvgIpc) is 2.41. The van der Waals surface area contributed by atoms with Gasteiger partial charge in [-0.25, -0.2) is 0 Å². The Balaban J connectivity index is 2.04. The van der Waals surface area contributed by atoms with Crippen LogP contribution in [0.3, 0.4) is 0 Å². The first-order chi connectivity index (χ1) is 9.48. The predicted molar refractivity (Wildman–Crippen MR) is 85.2 cm³/mol. The zero-order chi connectivity index (χ0) is 14.8. The molecule has 3 nitrogen and oxygen atoms in total. The van der Waals surface area contributed by atoms with E-state index in [4.69, 9.17) is 0 Å². The number of anilines is 1. The Morgan fingerprint density at radius 3 is 2.15 bits per heavy atom. The topological polar surface area (TPSA) is 26.7 Å². The molecule has 1 atom stereocenters. The molecule has 20 heavy (non-hydrogen) atoms. The average molecular weight is 276 g/mol. The maximum Gasteiger partial charge on any atom is 0.0787 e. The lowest BCUT2D eigenvalue weighted by atomic mass is 9.75. The lowest BCUT2D eigenvalue weighted by molar-refractivity contribution is 0.0683. The maximum atomic E-state index is 9.84. The Morgan fingerprint density at radius 2 is 1.75 bits per heavy atom. The van der Waals surface area contributed by atoms with Crippen molar-refractivity contribution in [2.45, 2.75) is 44.2 Å². The van der Waals surface area contributed by atoms with E-state index in [-0.39, 0.29) is 6.10 Å². The zero-order valence-corrected chi connectivity index (χ0v) is 13.3. The third kappa shape index (κ3) is 2.99. The molecule has 0 radical (unpaired) electrons. The van der Waals surface area contributed by atoms with Crippen molar-refractivity contribution in [2.75, 3.05) is 32.6 Å². The quantitative estimate of drug-likeness (QED) is 0.865. The second-order valence-electron chi connectivity index (χ2n) is 6.34. The van der Waals surface area contributed by atoms with Crippen molar-refractivity contribution in [3.05, 3.63) is 29.8 Å². The number of rotatable bonds is 6. The van der Waals surface area contributed by atoms with Crippen LogP contribution in [0.25, 0.3) is 0 Å². The molecule has 0 aliphatic heterocycles. The van der Waals surface area contributed by atoms with Gasteiger partial charge in [0.25, 0.3) is 0 Å². The minimum atomic E-state index is -0.339. The molecule has 1 N–H and O–H groups in total. The van der Waals surface area contributed by atoms with Crippen LogP contribution in [0.5, 0.6) is 0 Å². The van der Waals surface area contributed by atoms with Crippen LogP contribution in [0.2, 0.25) is 0 Å². The van der Waals surface area contributed by atoms with Gasteiger partial charge in [0.05, 0.1) is 6.10 Å². The monoisotopic (exact) mass is 276 g/mol. The highest BCUT2D eigenvalue weighted by atomic mass is 16.3. The van der Waals surface area contributed by atoms with E-state index < -0.39 is 0 Å². The highest BCUT2D eigenvalue weighted by molar-refractivity contribution is 5.47. The van der Waals surface area contributed by atoms with Crippen LogP contribution in [0.1, 0.15) is 44.3 Å². The van der Waals surface area contributed by atoms with E-state index in [1.807, 2.05) is 19.1 Å². The van der Waals surface area contributed by atoms with Crippen molar-refractivity contribution in [3.63, 3.8) is 0 Å². The second-order valence-corrected chi connectivity index (χ2v) is 6.34. The lowest BCUT2D eigenvalue weighted by Gasteiger charge is -2.49. The van der Waals surface area contributed by atoms with E-state index in [1.165, 1.54) is 24.9 Å². The Labute approximate surface area is 123 Å². The normalized spacial score (nSPS) is 18.7. The molecule has 0 bridgehead atoms. The minimum Gasteiger partial charge on any atom is -0.388 e. The largest absolute Gasteiger partial charge is 0.388 e. The number of aliphatic hydroxyl groups excluding tert-OH is 1. The van der Waals surface area contributed by atoms with E-state index in [9.17, 15) is 5.11 Å². The Morgan fingerprint density at radius 1 is 1.15 bits per heavy atom. The molecule has 0 amide bonds. The first-order valence-corrected chi connectivity index (χ1v) is 7.65. The van der Waals surface area contributed by atoms with Crippen LogP contribution >= 0.6 is 0 Å². The van der Waals surface area contributed by atoms with Crippen LogP contribution < -0.4 is 4.90 Å². The van der Waals surface area contributed by atoms with Crippen molar-refractivity contribution in [1.82, 2.24) is 4.90 Å². The molecule has 1 aromatic carbocycles. The molecule has 1 unspecified atom stereocenters. The Kier molecular flexibility index (Phi) is 4.71. The number of hydrogen-bond acceptors (Lipinski definition) is 3. The molecule has 1 fully saturated rings. The summed E-state index contributed by atoms with van der Waals surface area (Å²) in [7, 11) is 6.54. The highest BCUT2D eigenvalue weighted by Gasteiger charge is 2.39. The van der Waals surface area contributed by atoms with Crippen molar-refractivity contribution in [2.24, 2.45) is 0 Å². The minimum absolute atomic E-state index is 0.339. The van der Waals surface area contributed by atoms with E-state index in [1.54, 1.807) is 0 Å². The Hall–Kier alpha value is -1.06. The van der Waals surface area contributed by atoms with Gasteiger partial charge in [0, 0.05) is 24.8 Å². The molecular formula is C17H28N2O. The number of aliphatic hydroxyl groups is 1. The van der Waals surface area contributed by atoms with E-state index in [0.717, 1.165) is 18.5 Å². The molecule has 1 aliphatic carbocycles. The standard InChI is InChI=1S/C17H28N2O/c1-5-16(20)14-7-9-15(10-8-14)19(4)13-17(18(2)3)11-6-12-17/h7-10,16,20H,5-6,11-13H2,1-4H3. The second kappa shape index (κ2) is 6.15. The summed E-state index contributed by atoms with van der Waals surface area (Å²) in [6, 6.07) is 8.33. The summed E-state index contributed by atoms with van der Waals surface area (Å²) >= 11 is 0.